The fourth-order valence-electron chi connectivity index (χ4n) is 3.14. The molecule has 0 unspecified atom stereocenters. The summed E-state index contributed by atoms with van der Waals surface area (Å²) in [4.78, 5) is 12.9. The third-order valence-corrected chi connectivity index (χ3v) is 6.11. The van der Waals surface area contributed by atoms with E-state index in [1.807, 2.05) is 24.3 Å². The van der Waals surface area contributed by atoms with Crippen molar-refractivity contribution in [2.24, 2.45) is 0 Å². The van der Waals surface area contributed by atoms with Gasteiger partial charge < -0.3 is 14.5 Å². The summed E-state index contributed by atoms with van der Waals surface area (Å²) in [6.45, 7) is 0.719. The van der Waals surface area contributed by atoms with Crippen molar-refractivity contribution in [1.29, 1.82) is 0 Å². The van der Waals surface area contributed by atoms with E-state index in [-0.39, 0.29) is 10.8 Å². The molecule has 0 aliphatic heterocycles. The van der Waals surface area contributed by atoms with E-state index in [4.69, 9.17) is 9.15 Å². The molecule has 3 aromatic carbocycles. The number of sulfonamides is 1. The lowest BCUT2D eigenvalue weighted by molar-refractivity contribution is 0.0929. The number of hydrogen-bond donors (Lipinski definition) is 2. The average Bonchev–Trinajstić information content (AvgIpc) is 3.33. The van der Waals surface area contributed by atoms with Gasteiger partial charge in [0.1, 0.15) is 12.4 Å². The van der Waals surface area contributed by atoms with Crippen molar-refractivity contribution in [3.8, 4) is 0 Å². The third-order valence-electron chi connectivity index (χ3n) is 4.71. The van der Waals surface area contributed by atoms with Crippen molar-refractivity contribution < 1.29 is 22.4 Å². The molecule has 7 nitrogen and oxygen atoms in total. The predicted octanol–water partition coefficient (Wildman–Crippen LogP) is 5.05. The van der Waals surface area contributed by atoms with E-state index in [0.717, 1.165) is 11.3 Å². The minimum Gasteiger partial charge on any atom is -0.467 e. The molecule has 4 aromatic rings. The minimum absolute atomic E-state index is 0.144. The lowest BCUT2D eigenvalue weighted by Gasteiger charge is -2.11. The maximum Gasteiger partial charge on any atom is 0.261 e. The maximum atomic E-state index is 12.8. The van der Waals surface area contributed by atoms with E-state index < -0.39 is 10.0 Å². The molecular formula is C25H22N2O5S. The van der Waals surface area contributed by atoms with Gasteiger partial charge in [-0.25, -0.2) is 8.42 Å². The first-order chi connectivity index (χ1) is 16.0. The van der Waals surface area contributed by atoms with Crippen LogP contribution < -0.4 is 10.0 Å². The number of carbonyl (C=O) groups excluding carboxylic acids is 1. The number of amides is 1. The van der Waals surface area contributed by atoms with Crippen LogP contribution in [0.15, 0.2) is 107 Å². The molecule has 0 spiro atoms. The minimum atomic E-state index is -3.75. The molecule has 2 N–H and O–H groups in total. The second-order valence-electron chi connectivity index (χ2n) is 7.23. The SMILES string of the molecule is O=C(Nc1cccc(COCc2ccco2)c1)c1cccc(NS(=O)(=O)c2ccccc2)c1. The molecule has 1 heterocycles. The summed E-state index contributed by atoms with van der Waals surface area (Å²) in [7, 11) is -3.75. The van der Waals surface area contributed by atoms with Gasteiger partial charge in [-0.05, 0) is 60.2 Å². The monoisotopic (exact) mass is 462 g/mol. The highest BCUT2D eigenvalue weighted by Crippen LogP contribution is 2.19. The largest absolute Gasteiger partial charge is 0.467 e. The van der Waals surface area contributed by atoms with Gasteiger partial charge in [0.2, 0.25) is 0 Å². The summed E-state index contributed by atoms with van der Waals surface area (Å²) in [6, 6.07) is 25.3. The Bertz CT molecular complexity index is 1320. The quantitative estimate of drug-likeness (QED) is 0.363. The number of nitrogens with one attached hydrogen (secondary N) is 2. The zero-order valence-corrected chi connectivity index (χ0v) is 18.4. The summed E-state index contributed by atoms with van der Waals surface area (Å²) >= 11 is 0. The van der Waals surface area contributed by atoms with Gasteiger partial charge in [0.25, 0.3) is 15.9 Å². The van der Waals surface area contributed by atoms with Gasteiger partial charge in [0.15, 0.2) is 0 Å². The fourth-order valence-corrected chi connectivity index (χ4v) is 4.21. The summed E-state index contributed by atoms with van der Waals surface area (Å²) in [5, 5.41) is 2.83. The number of carbonyl (C=O) groups is 1. The van der Waals surface area contributed by atoms with E-state index in [9.17, 15) is 13.2 Å². The van der Waals surface area contributed by atoms with Crippen LogP contribution in [0, 0.1) is 0 Å². The molecule has 0 saturated heterocycles. The number of ether oxygens (including phenoxy) is 1. The predicted molar refractivity (Wildman–Crippen MR) is 125 cm³/mol. The first-order valence-corrected chi connectivity index (χ1v) is 11.7. The van der Waals surface area contributed by atoms with Crippen LogP contribution in [0.2, 0.25) is 0 Å². The lowest BCUT2D eigenvalue weighted by atomic mass is 10.1. The highest BCUT2D eigenvalue weighted by atomic mass is 32.2. The molecule has 1 aromatic heterocycles. The summed E-state index contributed by atoms with van der Waals surface area (Å²) in [6.07, 6.45) is 1.59. The van der Waals surface area contributed by atoms with Crippen LogP contribution in [0.25, 0.3) is 0 Å². The Morgan fingerprint density at radius 2 is 1.61 bits per heavy atom. The molecule has 8 heteroatoms. The van der Waals surface area contributed by atoms with Crippen LogP contribution >= 0.6 is 0 Å². The van der Waals surface area contributed by atoms with Gasteiger partial charge >= 0.3 is 0 Å². The topological polar surface area (TPSA) is 97.6 Å². The maximum absolute atomic E-state index is 12.8. The zero-order chi connectivity index (χ0) is 23.1. The Labute approximate surface area is 192 Å². The van der Waals surface area contributed by atoms with Gasteiger partial charge in [0, 0.05) is 16.9 Å². The molecule has 0 aliphatic carbocycles. The number of benzene rings is 3. The van der Waals surface area contributed by atoms with Crippen LogP contribution in [0.4, 0.5) is 11.4 Å². The van der Waals surface area contributed by atoms with Crippen LogP contribution in [0.1, 0.15) is 21.7 Å². The molecular weight excluding hydrogens is 440 g/mol. The molecule has 0 saturated carbocycles. The van der Waals surface area contributed by atoms with Crippen LogP contribution in [0.3, 0.4) is 0 Å². The Balaban J connectivity index is 1.39. The highest BCUT2D eigenvalue weighted by molar-refractivity contribution is 7.92. The summed E-state index contributed by atoms with van der Waals surface area (Å²) < 4.78 is 38.5. The second-order valence-corrected chi connectivity index (χ2v) is 8.91. The van der Waals surface area contributed by atoms with Crippen molar-refractivity contribution >= 4 is 27.3 Å². The van der Waals surface area contributed by atoms with Gasteiger partial charge in [-0.2, -0.15) is 0 Å². The van der Waals surface area contributed by atoms with Gasteiger partial charge in [0.05, 0.1) is 17.8 Å². The average molecular weight is 463 g/mol. The molecule has 0 bridgehead atoms. The number of hydrogen-bond acceptors (Lipinski definition) is 5. The Kier molecular flexibility index (Phi) is 6.87. The van der Waals surface area contributed by atoms with E-state index >= 15 is 0 Å². The van der Waals surface area contributed by atoms with Crippen LogP contribution in [-0.4, -0.2) is 14.3 Å². The van der Waals surface area contributed by atoms with Crippen molar-refractivity contribution in [2.45, 2.75) is 18.1 Å². The molecule has 168 valence electrons. The van der Waals surface area contributed by atoms with Gasteiger partial charge in [-0.3, -0.25) is 9.52 Å². The number of furan rings is 1. The van der Waals surface area contributed by atoms with E-state index in [2.05, 4.69) is 10.0 Å². The summed E-state index contributed by atoms with van der Waals surface area (Å²) in [5.74, 6) is 0.381. The van der Waals surface area contributed by atoms with Crippen molar-refractivity contribution in [3.05, 3.63) is 114 Å². The molecule has 0 fully saturated rings. The smallest absolute Gasteiger partial charge is 0.261 e. The van der Waals surface area contributed by atoms with E-state index in [0.29, 0.717) is 30.2 Å². The first kappa shape index (κ1) is 22.3. The molecule has 0 radical (unpaired) electrons. The lowest BCUT2D eigenvalue weighted by Crippen LogP contribution is -2.15. The third kappa shape index (κ3) is 6.09. The zero-order valence-electron chi connectivity index (χ0n) is 17.6. The highest BCUT2D eigenvalue weighted by Gasteiger charge is 2.15. The van der Waals surface area contributed by atoms with Crippen molar-refractivity contribution in [2.75, 3.05) is 10.0 Å². The Morgan fingerprint density at radius 3 is 2.39 bits per heavy atom. The normalized spacial score (nSPS) is 11.2. The van der Waals surface area contributed by atoms with Crippen LogP contribution in [-0.2, 0) is 28.0 Å². The molecule has 1 amide bonds. The van der Waals surface area contributed by atoms with E-state index in [1.54, 1.807) is 54.8 Å². The van der Waals surface area contributed by atoms with Crippen molar-refractivity contribution in [3.63, 3.8) is 0 Å². The fraction of sp³-hybridized carbons (Fsp3) is 0.0800. The molecule has 33 heavy (non-hydrogen) atoms. The number of rotatable bonds is 9. The molecule has 0 atom stereocenters. The van der Waals surface area contributed by atoms with Gasteiger partial charge in [-0.15, -0.1) is 0 Å². The second kappa shape index (κ2) is 10.2. The first-order valence-electron chi connectivity index (χ1n) is 10.2. The Morgan fingerprint density at radius 1 is 0.818 bits per heavy atom. The molecule has 0 aliphatic rings. The summed E-state index contributed by atoms with van der Waals surface area (Å²) in [5.41, 5.74) is 2.12. The standard InChI is InChI=1S/C25H22N2O5S/c28-25(26-21-9-4-7-19(15-21)17-31-18-23-11-6-14-32-23)20-8-5-10-22(16-20)27-33(29,30)24-12-2-1-3-13-24/h1-16,27H,17-18H2,(H,26,28). The molecule has 4 rings (SSSR count). The number of anilines is 2. The van der Waals surface area contributed by atoms with Crippen molar-refractivity contribution in [1.82, 2.24) is 0 Å². The Hall–Kier alpha value is -3.88. The van der Waals surface area contributed by atoms with Crippen LogP contribution in [0.5, 0.6) is 0 Å². The van der Waals surface area contributed by atoms with E-state index in [1.165, 1.54) is 18.2 Å². The van der Waals surface area contributed by atoms with Gasteiger partial charge in [-0.1, -0.05) is 36.4 Å².